The van der Waals surface area contributed by atoms with Gasteiger partial charge in [-0.1, -0.05) is 47.5 Å². The number of alkyl halides is 3. The lowest BCUT2D eigenvalue weighted by Crippen LogP contribution is -2.45. The van der Waals surface area contributed by atoms with Crippen molar-refractivity contribution in [3.05, 3.63) is 88.4 Å². The molecule has 1 aliphatic rings. The number of rotatable bonds is 6. The summed E-state index contributed by atoms with van der Waals surface area (Å²) in [5, 5.41) is 2.26. The molecule has 1 atom stereocenters. The first-order valence-corrected chi connectivity index (χ1v) is 13.5. The van der Waals surface area contributed by atoms with Crippen LogP contribution in [0.25, 0.3) is 0 Å². The van der Waals surface area contributed by atoms with Gasteiger partial charge in [0.25, 0.3) is 10.0 Å². The van der Waals surface area contributed by atoms with Gasteiger partial charge in [0.15, 0.2) is 0 Å². The van der Waals surface area contributed by atoms with E-state index in [0.29, 0.717) is 22.5 Å². The van der Waals surface area contributed by atoms with Crippen LogP contribution in [0, 0.1) is 6.92 Å². The molecule has 0 saturated carbocycles. The number of aryl methyl sites for hydroxylation is 1. The Kier molecular flexibility index (Phi) is 7.42. The van der Waals surface area contributed by atoms with Gasteiger partial charge < -0.3 is 10.1 Å². The van der Waals surface area contributed by atoms with Crippen molar-refractivity contribution in [1.82, 2.24) is 5.32 Å². The Balaban J connectivity index is 1.72. The van der Waals surface area contributed by atoms with Crippen LogP contribution in [0.4, 0.5) is 18.9 Å². The standard InChI is InChI=1S/C27H26ClF3N2O4S/c1-17-8-11-19(12-9-17)38(35,36)33(18-10-13-22(28)21(14-18)27(29,30)31)16-25(34)32-23-15-26(2,3)37-24-7-5-4-6-20(23)24/h4-14,23H,15-16H2,1-3H3,(H,32,34). The van der Waals surface area contributed by atoms with Crippen LogP contribution in [0.2, 0.25) is 5.02 Å². The van der Waals surface area contributed by atoms with E-state index in [4.69, 9.17) is 16.3 Å². The third-order valence-electron chi connectivity index (χ3n) is 6.15. The summed E-state index contributed by atoms with van der Waals surface area (Å²) in [5.74, 6) is -0.104. The molecule has 6 nitrogen and oxygen atoms in total. The van der Waals surface area contributed by atoms with E-state index >= 15 is 0 Å². The van der Waals surface area contributed by atoms with Crippen LogP contribution in [0.5, 0.6) is 5.75 Å². The van der Waals surface area contributed by atoms with Crippen LogP contribution < -0.4 is 14.4 Å². The molecule has 0 spiro atoms. The van der Waals surface area contributed by atoms with E-state index in [1.165, 1.54) is 12.1 Å². The highest BCUT2D eigenvalue weighted by molar-refractivity contribution is 7.92. The quantitative estimate of drug-likeness (QED) is 0.381. The molecule has 11 heteroatoms. The molecule has 3 aromatic carbocycles. The predicted molar refractivity (Wildman–Crippen MR) is 139 cm³/mol. The maximum Gasteiger partial charge on any atom is 0.417 e. The van der Waals surface area contributed by atoms with Crippen molar-refractivity contribution in [1.29, 1.82) is 0 Å². The maximum absolute atomic E-state index is 13.6. The first-order chi connectivity index (χ1) is 17.7. The highest BCUT2D eigenvalue weighted by atomic mass is 35.5. The SMILES string of the molecule is Cc1ccc(S(=O)(=O)N(CC(=O)NC2CC(C)(C)Oc3ccccc32)c2ccc(Cl)c(C(F)(F)F)c2)cc1. The lowest BCUT2D eigenvalue weighted by atomic mass is 9.89. The van der Waals surface area contributed by atoms with Crippen molar-refractivity contribution in [3.8, 4) is 5.75 Å². The third kappa shape index (κ3) is 5.91. The van der Waals surface area contributed by atoms with E-state index < -0.39 is 50.9 Å². The number of sulfonamides is 1. The second-order valence-electron chi connectivity index (χ2n) is 9.71. The second kappa shape index (κ2) is 10.1. The molecule has 0 saturated heterocycles. The van der Waals surface area contributed by atoms with Crippen LogP contribution in [0.15, 0.2) is 71.6 Å². The van der Waals surface area contributed by atoms with Gasteiger partial charge >= 0.3 is 6.18 Å². The second-order valence-corrected chi connectivity index (χ2v) is 12.0. The molecule has 0 fully saturated rings. The lowest BCUT2D eigenvalue weighted by Gasteiger charge is -2.38. The zero-order valence-electron chi connectivity index (χ0n) is 20.8. The highest BCUT2D eigenvalue weighted by Gasteiger charge is 2.37. The van der Waals surface area contributed by atoms with Gasteiger partial charge in [-0.2, -0.15) is 13.2 Å². The molecule has 1 amide bonds. The molecular formula is C27H26ClF3N2O4S. The van der Waals surface area contributed by atoms with Crippen molar-refractivity contribution in [3.63, 3.8) is 0 Å². The lowest BCUT2D eigenvalue weighted by molar-refractivity contribution is -0.137. The van der Waals surface area contributed by atoms with Gasteiger partial charge in [0.2, 0.25) is 5.91 Å². The molecule has 38 heavy (non-hydrogen) atoms. The molecule has 202 valence electrons. The number of carbonyl (C=O) groups excluding carboxylic acids is 1. The largest absolute Gasteiger partial charge is 0.487 e. The van der Waals surface area contributed by atoms with E-state index in [9.17, 15) is 26.4 Å². The summed E-state index contributed by atoms with van der Waals surface area (Å²) in [6, 6.07) is 15.2. The smallest absolute Gasteiger partial charge is 0.417 e. The van der Waals surface area contributed by atoms with Gasteiger partial charge in [-0.05, 0) is 57.2 Å². The number of ether oxygens (including phenoxy) is 1. The summed E-state index contributed by atoms with van der Waals surface area (Å²) in [5.41, 5.74) is -0.650. The number of anilines is 1. The Bertz CT molecular complexity index is 1460. The van der Waals surface area contributed by atoms with Gasteiger partial charge in [-0.15, -0.1) is 0 Å². The molecule has 4 rings (SSSR count). The summed E-state index contributed by atoms with van der Waals surface area (Å²) in [7, 11) is -4.43. The molecular weight excluding hydrogens is 541 g/mol. The van der Waals surface area contributed by atoms with Gasteiger partial charge in [0, 0.05) is 12.0 Å². The number of para-hydroxylation sites is 1. The summed E-state index contributed by atoms with van der Waals surface area (Å²) in [6.45, 7) is 4.74. The van der Waals surface area contributed by atoms with E-state index in [1.54, 1.807) is 43.3 Å². The zero-order valence-corrected chi connectivity index (χ0v) is 22.4. The number of amides is 1. The molecule has 0 bridgehead atoms. The monoisotopic (exact) mass is 566 g/mol. The van der Waals surface area contributed by atoms with Crippen molar-refractivity contribution < 1.29 is 31.1 Å². The Morgan fingerprint density at radius 3 is 2.42 bits per heavy atom. The summed E-state index contributed by atoms with van der Waals surface area (Å²) in [6.07, 6.45) is -4.42. The summed E-state index contributed by atoms with van der Waals surface area (Å²) < 4.78 is 74.7. The molecule has 1 unspecified atom stereocenters. The fourth-order valence-electron chi connectivity index (χ4n) is 4.34. The predicted octanol–water partition coefficient (Wildman–Crippen LogP) is 6.28. The topological polar surface area (TPSA) is 75.7 Å². The molecule has 1 N–H and O–H groups in total. The molecule has 1 heterocycles. The Morgan fingerprint density at radius 2 is 1.76 bits per heavy atom. The van der Waals surface area contributed by atoms with Crippen molar-refractivity contribution >= 4 is 33.2 Å². The average molecular weight is 567 g/mol. The maximum atomic E-state index is 13.6. The fourth-order valence-corrected chi connectivity index (χ4v) is 5.98. The van der Waals surface area contributed by atoms with Gasteiger partial charge in [-0.25, -0.2) is 8.42 Å². The number of nitrogens with zero attached hydrogens (tertiary/aromatic N) is 1. The van der Waals surface area contributed by atoms with Crippen molar-refractivity contribution in [2.75, 3.05) is 10.8 Å². The molecule has 3 aromatic rings. The minimum Gasteiger partial charge on any atom is -0.487 e. The van der Waals surface area contributed by atoms with Crippen molar-refractivity contribution in [2.24, 2.45) is 0 Å². The van der Waals surface area contributed by atoms with Crippen LogP contribution >= 0.6 is 11.6 Å². The Morgan fingerprint density at radius 1 is 1.11 bits per heavy atom. The number of benzene rings is 3. The first-order valence-electron chi connectivity index (χ1n) is 11.7. The normalized spacial score (nSPS) is 16.8. The number of hydrogen-bond donors (Lipinski definition) is 1. The number of fused-ring (bicyclic) bond motifs is 1. The number of hydrogen-bond acceptors (Lipinski definition) is 4. The van der Waals surface area contributed by atoms with Crippen molar-refractivity contribution in [2.45, 2.75) is 49.9 Å². The highest BCUT2D eigenvalue weighted by Crippen LogP contribution is 2.40. The molecule has 0 radical (unpaired) electrons. The third-order valence-corrected chi connectivity index (χ3v) is 8.27. The van der Waals surface area contributed by atoms with Crippen LogP contribution in [-0.2, 0) is 21.0 Å². The number of nitrogens with one attached hydrogen (secondary N) is 1. The van der Waals surface area contributed by atoms with Gasteiger partial charge in [-0.3, -0.25) is 9.10 Å². The molecule has 0 aliphatic carbocycles. The minimum atomic E-state index is -4.83. The molecule has 0 aromatic heterocycles. The van der Waals surface area contributed by atoms with E-state index in [0.717, 1.165) is 23.3 Å². The zero-order chi connectivity index (χ0) is 27.9. The number of carbonyl (C=O) groups is 1. The first kappa shape index (κ1) is 27.8. The van der Waals surface area contributed by atoms with E-state index in [-0.39, 0.29) is 10.6 Å². The van der Waals surface area contributed by atoms with Gasteiger partial charge in [0.1, 0.15) is 17.9 Å². The van der Waals surface area contributed by atoms with Crippen LogP contribution in [0.1, 0.15) is 43.0 Å². The fraction of sp³-hybridized carbons (Fsp3) is 0.296. The van der Waals surface area contributed by atoms with E-state index in [1.807, 2.05) is 13.8 Å². The molecule has 1 aliphatic heterocycles. The summed E-state index contributed by atoms with van der Waals surface area (Å²) >= 11 is 5.76. The summed E-state index contributed by atoms with van der Waals surface area (Å²) in [4.78, 5) is 13.1. The van der Waals surface area contributed by atoms with Crippen LogP contribution in [-0.4, -0.2) is 26.5 Å². The number of halogens is 4. The van der Waals surface area contributed by atoms with Gasteiger partial charge in [0.05, 0.1) is 27.2 Å². The van der Waals surface area contributed by atoms with E-state index in [2.05, 4.69) is 5.32 Å². The van der Waals surface area contributed by atoms with Crippen LogP contribution in [0.3, 0.4) is 0 Å². The minimum absolute atomic E-state index is 0.169. The average Bonchev–Trinajstić information content (AvgIpc) is 2.82. The Hall–Kier alpha value is -3.24. The Labute approximate surface area is 224 Å².